The molecule has 37 heavy (non-hydrogen) atoms. The first kappa shape index (κ1) is 27.5. The van der Waals surface area contributed by atoms with Crippen LogP contribution in [0.4, 0.5) is 0 Å². The normalized spacial score (nSPS) is 20.2. The minimum absolute atomic E-state index is 0.00177. The van der Waals surface area contributed by atoms with E-state index in [0.29, 0.717) is 19.4 Å². The fraction of sp³-hybridized carbons (Fsp3) is 0.357. The van der Waals surface area contributed by atoms with E-state index in [0.717, 1.165) is 29.5 Å². The van der Waals surface area contributed by atoms with Gasteiger partial charge < -0.3 is 4.74 Å². The van der Waals surface area contributed by atoms with Crippen LogP contribution in [0.2, 0.25) is 0 Å². The number of benzene rings is 3. The predicted octanol–water partition coefficient (Wildman–Crippen LogP) is 5.19. The van der Waals surface area contributed by atoms with Gasteiger partial charge in [-0.2, -0.15) is 16.8 Å². The van der Waals surface area contributed by atoms with Gasteiger partial charge in [0.2, 0.25) is 0 Å². The van der Waals surface area contributed by atoms with Crippen LogP contribution in [0.5, 0.6) is 0 Å². The fourth-order valence-electron chi connectivity index (χ4n) is 4.77. The third-order valence-corrected chi connectivity index (χ3v) is 9.06. The maximum atomic E-state index is 12.8. The molecule has 1 fully saturated rings. The fourth-order valence-corrected chi connectivity index (χ4v) is 6.21. The van der Waals surface area contributed by atoms with E-state index in [9.17, 15) is 21.4 Å². The van der Waals surface area contributed by atoms with Crippen molar-refractivity contribution in [2.24, 2.45) is 11.8 Å². The molecule has 1 aliphatic carbocycles. The number of hydrogen-bond acceptors (Lipinski definition) is 6. The van der Waals surface area contributed by atoms with Crippen LogP contribution in [0.3, 0.4) is 0 Å². The van der Waals surface area contributed by atoms with Crippen molar-refractivity contribution in [1.29, 1.82) is 0 Å². The SMILES string of the molecule is Cc1ccc(S(=O)(=O)OCC2CC(OCc3ccccc3)CC2CCc2ccc(S(=O)(=O)O)cc2)cc1. The van der Waals surface area contributed by atoms with Gasteiger partial charge in [-0.3, -0.25) is 8.74 Å². The summed E-state index contributed by atoms with van der Waals surface area (Å²) in [5, 5.41) is 0. The smallest absolute Gasteiger partial charge is 0.296 e. The summed E-state index contributed by atoms with van der Waals surface area (Å²) in [6.45, 7) is 2.46. The Morgan fingerprint density at radius 1 is 0.784 bits per heavy atom. The Balaban J connectivity index is 1.41. The summed E-state index contributed by atoms with van der Waals surface area (Å²) in [4.78, 5) is 0.00234. The molecule has 0 heterocycles. The van der Waals surface area contributed by atoms with E-state index in [1.807, 2.05) is 37.3 Å². The molecule has 1 saturated carbocycles. The van der Waals surface area contributed by atoms with Crippen molar-refractivity contribution in [2.75, 3.05) is 6.61 Å². The van der Waals surface area contributed by atoms with Crippen molar-refractivity contribution < 1.29 is 30.3 Å². The van der Waals surface area contributed by atoms with Crippen LogP contribution in [-0.4, -0.2) is 34.1 Å². The lowest BCUT2D eigenvalue weighted by atomic mass is 9.90. The van der Waals surface area contributed by atoms with E-state index in [2.05, 4.69) is 0 Å². The van der Waals surface area contributed by atoms with Gasteiger partial charge in [-0.25, -0.2) is 0 Å². The summed E-state index contributed by atoms with van der Waals surface area (Å²) in [6.07, 6.45) is 2.93. The molecule has 198 valence electrons. The molecule has 0 aromatic heterocycles. The first-order chi connectivity index (χ1) is 17.6. The van der Waals surface area contributed by atoms with Gasteiger partial charge >= 0.3 is 0 Å². The van der Waals surface area contributed by atoms with Crippen LogP contribution >= 0.6 is 0 Å². The second-order valence-corrected chi connectivity index (χ2v) is 12.7. The topological polar surface area (TPSA) is 107 Å². The van der Waals surface area contributed by atoms with Gasteiger partial charge in [0.1, 0.15) is 0 Å². The number of ether oxygens (including phenoxy) is 1. The van der Waals surface area contributed by atoms with Crippen LogP contribution in [0, 0.1) is 18.8 Å². The molecule has 7 nitrogen and oxygen atoms in total. The second kappa shape index (κ2) is 11.9. The van der Waals surface area contributed by atoms with Crippen LogP contribution in [0.25, 0.3) is 0 Å². The highest BCUT2D eigenvalue weighted by Crippen LogP contribution is 2.38. The molecular weight excluding hydrogens is 512 g/mol. The zero-order valence-corrected chi connectivity index (χ0v) is 22.3. The molecule has 3 atom stereocenters. The Bertz CT molecular complexity index is 1370. The minimum Gasteiger partial charge on any atom is -0.374 e. The van der Waals surface area contributed by atoms with Gasteiger partial charge in [-0.05, 0) is 79.8 Å². The molecule has 0 saturated heterocycles. The maximum Gasteiger partial charge on any atom is 0.296 e. The van der Waals surface area contributed by atoms with Crippen molar-refractivity contribution in [2.45, 2.75) is 55.1 Å². The van der Waals surface area contributed by atoms with Crippen LogP contribution in [0.1, 0.15) is 36.0 Å². The Hall–Kier alpha value is -2.56. The molecular formula is C28H32O7S2. The molecule has 0 bridgehead atoms. The largest absolute Gasteiger partial charge is 0.374 e. The zero-order chi connectivity index (χ0) is 26.5. The molecule has 9 heteroatoms. The molecule has 0 spiro atoms. The van der Waals surface area contributed by atoms with Gasteiger partial charge in [0.15, 0.2) is 0 Å². The highest BCUT2D eigenvalue weighted by atomic mass is 32.2. The van der Waals surface area contributed by atoms with Crippen molar-refractivity contribution in [3.05, 3.63) is 95.6 Å². The van der Waals surface area contributed by atoms with Gasteiger partial charge in [0.05, 0.1) is 29.1 Å². The Morgan fingerprint density at radius 2 is 1.41 bits per heavy atom. The molecule has 0 radical (unpaired) electrons. The zero-order valence-electron chi connectivity index (χ0n) is 20.7. The predicted molar refractivity (Wildman–Crippen MR) is 140 cm³/mol. The molecule has 1 N–H and O–H groups in total. The highest BCUT2D eigenvalue weighted by molar-refractivity contribution is 7.86. The molecule has 0 aliphatic heterocycles. The summed E-state index contributed by atoms with van der Waals surface area (Å²) in [7, 11) is -8.10. The van der Waals surface area contributed by atoms with E-state index in [4.69, 9.17) is 8.92 Å². The van der Waals surface area contributed by atoms with E-state index < -0.39 is 20.2 Å². The van der Waals surface area contributed by atoms with E-state index in [1.165, 1.54) is 12.1 Å². The van der Waals surface area contributed by atoms with Crippen molar-refractivity contribution >= 4 is 20.2 Å². The molecule has 3 aromatic carbocycles. The average Bonchev–Trinajstić information content (AvgIpc) is 3.28. The van der Waals surface area contributed by atoms with Gasteiger partial charge in [-0.1, -0.05) is 60.2 Å². The summed E-state index contributed by atoms with van der Waals surface area (Å²) < 4.78 is 69.0. The summed E-state index contributed by atoms with van der Waals surface area (Å²) >= 11 is 0. The van der Waals surface area contributed by atoms with Gasteiger partial charge in [0.25, 0.3) is 20.2 Å². The van der Waals surface area contributed by atoms with Gasteiger partial charge in [0, 0.05) is 0 Å². The van der Waals surface area contributed by atoms with E-state index in [-0.39, 0.29) is 34.3 Å². The quantitative estimate of drug-likeness (QED) is 0.261. The first-order valence-corrected chi connectivity index (χ1v) is 15.1. The standard InChI is InChI=1S/C28H32O7S2/c1-21-7-13-28(14-8-21)37(32,33)35-20-25-18-26(34-19-23-5-3-2-4-6-23)17-24(25)12-9-22-10-15-27(16-11-22)36(29,30)31/h2-8,10-11,13-16,24-26H,9,12,17-20H2,1H3,(H,29,30,31). The van der Waals surface area contributed by atoms with E-state index >= 15 is 0 Å². The minimum atomic E-state index is -4.23. The van der Waals surface area contributed by atoms with Crippen molar-refractivity contribution in [3.63, 3.8) is 0 Å². The first-order valence-electron chi connectivity index (χ1n) is 12.3. The number of aryl methyl sites for hydroxylation is 2. The average molecular weight is 545 g/mol. The van der Waals surface area contributed by atoms with Gasteiger partial charge in [-0.15, -0.1) is 0 Å². The lowest BCUT2D eigenvalue weighted by molar-refractivity contribution is 0.0402. The lowest BCUT2D eigenvalue weighted by Gasteiger charge is -2.19. The summed E-state index contributed by atoms with van der Waals surface area (Å²) in [6, 6.07) is 22.7. The Morgan fingerprint density at radius 3 is 2.05 bits per heavy atom. The van der Waals surface area contributed by atoms with Crippen LogP contribution in [0.15, 0.2) is 88.7 Å². The molecule has 4 rings (SSSR count). The molecule has 0 amide bonds. The van der Waals surface area contributed by atoms with E-state index in [1.54, 1.807) is 36.4 Å². The Kier molecular flexibility index (Phi) is 8.82. The summed E-state index contributed by atoms with van der Waals surface area (Å²) in [5.74, 6) is 0.174. The van der Waals surface area contributed by atoms with Crippen LogP contribution < -0.4 is 0 Å². The lowest BCUT2D eigenvalue weighted by Crippen LogP contribution is -2.19. The molecule has 3 unspecified atom stereocenters. The Labute approximate surface area is 219 Å². The van der Waals surface area contributed by atoms with Crippen molar-refractivity contribution in [3.8, 4) is 0 Å². The third-order valence-electron chi connectivity index (χ3n) is 6.90. The second-order valence-electron chi connectivity index (χ2n) is 9.62. The highest BCUT2D eigenvalue weighted by Gasteiger charge is 2.36. The maximum absolute atomic E-state index is 12.8. The van der Waals surface area contributed by atoms with Crippen LogP contribution in [-0.2, 0) is 42.2 Å². The third kappa shape index (κ3) is 7.72. The number of rotatable bonds is 11. The monoisotopic (exact) mass is 544 g/mol. The number of hydrogen-bond donors (Lipinski definition) is 1. The van der Waals surface area contributed by atoms with Crippen molar-refractivity contribution in [1.82, 2.24) is 0 Å². The summed E-state index contributed by atoms with van der Waals surface area (Å²) in [5.41, 5.74) is 2.99. The molecule has 1 aliphatic rings. The molecule has 3 aromatic rings.